The number of benzene rings is 1. The van der Waals surface area contributed by atoms with Crippen molar-refractivity contribution in [3.8, 4) is 0 Å². The number of likely N-dealkylation sites (N-methyl/N-ethyl adjacent to an activating group) is 1. The van der Waals surface area contributed by atoms with Crippen LogP contribution in [0.1, 0.15) is 52.7 Å². The van der Waals surface area contributed by atoms with Gasteiger partial charge in [0.1, 0.15) is 12.1 Å². The fourth-order valence-corrected chi connectivity index (χ4v) is 3.28. The van der Waals surface area contributed by atoms with Crippen LogP contribution in [-0.4, -0.2) is 47.3 Å². The molecule has 6 heteroatoms. The first-order valence-electron chi connectivity index (χ1n) is 9.57. The lowest BCUT2D eigenvalue weighted by molar-refractivity contribution is -0.138. The van der Waals surface area contributed by atoms with E-state index in [4.69, 9.17) is 0 Å². The predicted molar refractivity (Wildman–Crippen MR) is 110 cm³/mol. The van der Waals surface area contributed by atoms with Gasteiger partial charge in [-0.2, -0.15) is 0 Å². The molecule has 1 saturated heterocycles. The first-order valence-corrected chi connectivity index (χ1v) is 9.57. The third-order valence-corrected chi connectivity index (χ3v) is 5.09. The van der Waals surface area contributed by atoms with Crippen LogP contribution in [0.25, 0.3) is 0 Å². The Morgan fingerprint density at radius 1 is 1.21 bits per heavy atom. The van der Waals surface area contributed by atoms with Crippen LogP contribution in [0.5, 0.6) is 0 Å². The summed E-state index contributed by atoms with van der Waals surface area (Å²) in [5, 5.41) is 2.76. The minimum absolute atomic E-state index is 0.00623. The number of carbonyl (C=O) groups excluding carboxylic acids is 3. The second kappa shape index (κ2) is 7.78. The molecule has 1 aliphatic rings. The van der Waals surface area contributed by atoms with Gasteiger partial charge in [0, 0.05) is 13.1 Å². The van der Waals surface area contributed by atoms with Crippen LogP contribution in [0, 0.1) is 0 Å². The summed E-state index contributed by atoms with van der Waals surface area (Å²) in [4.78, 5) is 40.7. The molecule has 152 valence electrons. The van der Waals surface area contributed by atoms with E-state index in [1.807, 2.05) is 38.1 Å². The molecule has 4 amide bonds. The Kier molecular flexibility index (Phi) is 6.02. The molecule has 1 fully saturated rings. The van der Waals surface area contributed by atoms with E-state index >= 15 is 0 Å². The molecule has 0 radical (unpaired) electrons. The summed E-state index contributed by atoms with van der Waals surface area (Å²) in [6, 6.07) is 7.12. The Balaban J connectivity index is 2.22. The average Bonchev–Trinajstić information content (AvgIpc) is 2.83. The molecule has 28 heavy (non-hydrogen) atoms. The van der Waals surface area contributed by atoms with Crippen molar-refractivity contribution in [1.82, 2.24) is 15.1 Å². The van der Waals surface area contributed by atoms with Crippen molar-refractivity contribution in [3.63, 3.8) is 0 Å². The van der Waals surface area contributed by atoms with Gasteiger partial charge >= 0.3 is 6.03 Å². The Bertz CT molecular complexity index is 792. The van der Waals surface area contributed by atoms with E-state index in [9.17, 15) is 14.4 Å². The van der Waals surface area contributed by atoms with Crippen molar-refractivity contribution >= 4 is 17.8 Å². The van der Waals surface area contributed by atoms with Crippen LogP contribution in [0.15, 0.2) is 36.4 Å². The summed E-state index contributed by atoms with van der Waals surface area (Å²) in [6.45, 7) is 16.1. The number of nitrogens with one attached hydrogen (secondary N) is 1. The number of rotatable bonds is 6. The van der Waals surface area contributed by atoms with E-state index < -0.39 is 17.5 Å². The van der Waals surface area contributed by atoms with Crippen LogP contribution in [-0.2, 0) is 20.5 Å². The van der Waals surface area contributed by atoms with E-state index in [1.165, 1.54) is 0 Å². The number of hydrogen-bond acceptors (Lipinski definition) is 3. The molecule has 1 aromatic rings. The number of urea groups is 1. The molecule has 2 rings (SSSR count). The van der Waals surface area contributed by atoms with Crippen LogP contribution in [0.3, 0.4) is 0 Å². The minimum Gasteiger partial charge on any atom is -0.337 e. The summed E-state index contributed by atoms with van der Waals surface area (Å²) in [6.07, 6.45) is 0. The largest absolute Gasteiger partial charge is 0.337 e. The van der Waals surface area contributed by atoms with Gasteiger partial charge in [-0.15, -0.1) is 0 Å². The van der Waals surface area contributed by atoms with Gasteiger partial charge in [0.2, 0.25) is 5.91 Å². The first kappa shape index (κ1) is 21.7. The fourth-order valence-electron chi connectivity index (χ4n) is 3.28. The number of imide groups is 1. The van der Waals surface area contributed by atoms with Gasteiger partial charge < -0.3 is 10.2 Å². The highest BCUT2D eigenvalue weighted by atomic mass is 16.2. The smallest absolute Gasteiger partial charge is 0.325 e. The van der Waals surface area contributed by atoms with Crippen molar-refractivity contribution in [2.24, 2.45) is 0 Å². The second-order valence-corrected chi connectivity index (χ2v) is 8.64. The maximum atomic E-state index is 13.0. The van der Waals surface area contributed by atoms with E-state index in [0.29, 0.717) is 18.7 Å². The summed E-state index contributed by atoms with van der Waals surface area (Å²) >= 11 is 0. The normalized spacial score (nSPS) is 19.6. The molecule has 0 aromatic heterocycles. The molecule has 0 aliphatic carbocycles. The molecule has 1 heterocycles. The molecule has 6 nitrogen and oxygen atoms in total. The van der Waals surface area contributed by atoms with Crippen LogP contribution in [0.4, 0.5) is 4.79 Å². The lowest BCUT2D eigenvalue weighted by Crippen LogP contribution is -2.44. The average molecular weight is 386 g/mol. The number of hydrogen-bond donors (Lipinski definition) is 1. The lowest BCUT2D eigenvalue weighted by atomic mass is 9.84. The highest BCUT2D eigenvalue weighted by molar-refractivity contribution is 6.09. The quantitative estimate of drug-likeness (QED) is 0.604. The van der Waals surface area contributed by atoms with E-state index in [1.54, 1.807) is 11.8 Å². The maximum absolute atomic E-state index is 13.0. The molecule has 1 aromatic carbocycles. The monoisotopic (exact) mass is 385 g/mol. The Morgan fingerprint density at radius 2 is 1.79 bits per heavy atom. The minimum atomic E-state index is -1.18. The van der Waals surface area contributed by atoms with Gasteiger partial charge in [-0.05, 0) is 37.3 Å². The highest BCUT2D eigenvalue weighted by Crippen LogP contribution is 2.31. The third-order valence-electron chi connectivity index (χ3n) is 5.09. The van der Waals surface area contributed by atoms with Gasteiger partial charge in [0.15, 0.2) is 0 Å². The zero-order chi connectivity index (χ0) is 21.3. The summed E-state index contributed by atoms with van der Waals surface area (Å²) in [7, 11) is 0. The van der Waals surface area contributed by atoms with Crippen LogP contribution >= 0.6 is 0 Å². The zero-order valence-electron chi connectivity index (χ0n) is 17.8. The predicted octanol–water partition coefficient (Wildman–Crippen LogP) is 3.18. The van der Waals surface area contributed by atoms with E-state index in [0.717, 1.165) is 16.0 Å². The van der Waals surface area contributed by atoms with Gasteiger partial charge in [0.05, 0.1) is 0 Å². The van der Waals surface area contributed by atoms with Crippen molar-refractivity contribution in [1.29, 1.82) is 0 Å². The molecular weight excluding hydrogens is 354 g/mol. The van der Waals surface area contributed by atoms with Gasteiger partial charge in [-0.3, -0.25) is 14.5 Å². The maximum Gasteiger partial charge on any atom is 0.325 e. The molecule has 0 saturated carbocycles. The molecule has 1 N–H and O–H groups in total. The van der Waals surface area contributed by atoms with Crippen molar-refractivity contribution in [2.45, 2.75) is 52.5 Å². The molecular formula is C22H31N3O3. The molecule has 1 unspecified atom stereocenters. The van der Waals surface area contributed by atoms with Gasteiger partial charge in [-0.1, -0.05) is 57.2 Å². The molecule has 1 aliphatic heterocycles. The number of amides is 4. The van der Waals surface area contributed by atoms with Gasteiger partial charge in [-0.25, -0.2) is 4.79 Å². The lowest BCUT2D eigenvalue weighted by Gasteiger charge is -2.25. The first-order chi connectivity index (χ1) is 12.9. The Labute approximate surface area is 167 Å². The Morgan fingerprint density at radius 3 is 2.25 bits per heavy atom. The number of nitrogens with zero attached hydrogens (tertiary/aromatic N) is 2. The Hall–Kier alpha value is -2.63. The van der Waals surface area contributed by atoms with E-state index in [-0.39, 0.29) is 17.9 Å². The molecule has 0 spiro atoms. The molecule has 1 atom stereocenters. The van der Waals surface area contributed by atoms with Crippen LogP contribution < -0.4 is 5.32 Å². The topological polar surface area (TPSA) is 69.7 Å². The SMILES string of the molecule is C=C(C)CN(CC)C(=O)CN1C(=O)NC(C)(c2ccc(C(C)(C)C)cc2)C1=O. The fraction of sp³-hybridized carbons (Fsp3) is 0.500. The van der Waals surface area contributed by atoms with Crippen LogP contribution in [0.2, 0.25) is 0 Å². The number of carbonyl (C=O) groups is 3. The third kappa shape index (κ3) is 4.26. The van der Waals surface area contributed by atoms with Crippen molar-refractivity contribution < 1.29 is 14.4 Å². The standard InChI is InChI=1S/C22H31N3O3/c1-8-24(13-15(2)3)18(26)14-25-19(27)22(7,23-20(25)28)17-11-9-16(10-12-17)21(4,5)6/h9-12H,2,8,13-14H2,1,3-7H3,(H,23,28). The van der Waals surface area contributed by atoms with Crippen molar-refractivity contribution in [2.75, 3.05) is 19.6 Å². The highest BCUT2D eigenvalue weighted by Gasteiger charge is 2.49. The zero-order valence-corrected chi connectivity index (χ0v) is 17.8. The van der Waals surface area contributed by atoms with Gasteiger partial charge in [0.25, 0.3) is 5.91 Å². The summed E-state index contributed by atoms with van der Waals surface area (Å²) in [5.74, 6) is -0.693. The second-order valence-electron chi connectivity index (χ2n) is 8.64. The molecule has 0 bridgehead atoms. The van der Waals surface area contributed by atoms with Crippen molar-refractivity contribution in [3.05, 3.63) is 47.5 Å². The summed E-state index contributed by atoms with van der Waals surface area (Å²) in [5.41, 5.74) is 1.49. The summed E-state index contributed by atoms with van der Waals surface area (Å²) < 4.78 is 0. The van der Waals surface area contributed by atoms with E-state index in [2.05, 4.69) is 32.7 Å².